The summed E-state index contributed by atoms with van der Waals surface area (Å²) in [6.07, 6.45) is 4.68. The highest BCUT2D eigenvalue weighted by Crippen LogP contribution is 2.47. The summed E-state index contributed by atoms with van der Waals surface area (Å²) in [6.45, 7) is 0. The van der Waals surface area contributed by atoms with Gasteiger partial charge in [0.1, 0.15) is 0 Å². The van der Waals surface area contributed by atoms with E-state index in [1.54, 1.807) is 0 Å². The van der Waals surface area contributed by atoms with Crippen LogP contribution in [-0.2, 0) is 9.59 Å². The molecule has 4 unspecified atom stereocenters. The van der Waals surface area contributed by atoms with Crippen molar-refractivity contribution in [2.45, 2.75) is 32.1 Å². The first-order valence-electron chi connectivity index (χ1n) is 5.68. The minimum absolute atomic E-state index is 0.0165. The zero-order valence-electron chi connectivity index (χ0n) is 8.82. The highest BCUT2D eigenvalue weighted by Gasteiger charge is 2.43. The van der Waals surface area contributed by atoms with Gasteiger partial charge >= 0.3 is 0 Å². The predicted molar refractivity (Wildman–Crippen MR) is 55.4 cm³/mol. The maximum Gasteiger partial charge on any atom is 0.220 e. The van der Waals surface area contributed by atoms with Crippen LogP contribution in [0.15, 0.2) is 0 Å². The van der Waals surface area contributed by atoms with E-state index in [0.717, 1.165) is 32.1 Å². The monoisotopic (exact) mass is 210 g/mol. The van der Waals surface area contributed by atoms with Crippen molar-refractivity contribution in [3.05, 3.63) is 0 Å². The lowest BCUT2D eigenvalue weighted by molar-refractivity contribution is -0.127. The standard InChI is InChI=1S/C11H18N2O2/c12-10(14)7-2-1-6-3-4-8(11(13)15)9(6)5-7/h6-9H,1-5H2,(H2,12,14)(H2,13,15). The number of primary amides is 2. The molecule has 0 aromatic heterocycles. The Kier molecular flexibility index (Phi) is 2.67. The second-order valence-electron chi connectivity index (χ2n) is 4.92. The summed E-state index contributed by atoms with van der Waals surface area (Å²) in [6, 6.07) is 0. The molecule has 2 rings (SSSR count). The average molecular weight is 210 g/mol. The Morgan fingerprint density at radius 2 is 1.60 bits per heavy atom. The maximum atomic E-state index is 11.2. The molecule has 2 amide bonds. The van der Waals surface area contributed by atoms with E-state index in [4.69, 9.17) is 11.5 Å². The zero-order valence-corrected chi connectivity index (χ0v) is 8.82. The molecule has 2 fully saturated rings. The fourth-order valence-electron chi connectivity index (χ4n) is 3.34. The topological polar surface area (TPSA) is 86.2 Å². The molecule has 0 saturated heterocycles. The van der Waals surface area contributed by atoms with Crippen LogP contribution in [0, 0.1) is 23.7 Å². The summed E-state index contributed by atoms with van der Waals surface area (Å²) in [5.41, 5.74) is 10.7. The first-order chi connectivity index (χ1) is 7.09. The summed E-state index contributed by atoms with van der Waals surface area (Å²) in [5, 5.41) is 0. The minimum Gasteiger partial charge on any atom is -0.369 e. The summed E-state index contributed by atoms with van der Waals surface area (Å²) in [7, 11) is 0. The van der Waals surface area contributed by atoms with Gasteiger partial charge in [0, 0.05) is 11.8 Å². The van der Waals surface area contributed by atoms with Gasteiger partial charge in [-0.2, -0.15) is 0 Å². The maximum absolute atomic E-state index is 11.2. The molecule has 0 aromatic rings. The van der Waals surface area contributed by atoms with Crippen molar-refractivity contribution < 1.29 is 9.59 Å². The van der Waals surface area contributed by atoms with Crippen molar-refractivity contribution in [2.75, 3.05) is 0 Å². The zero-order chi connectivity index (χ0) is 11.0. The number of hydrogen-bond acceptors (Lipinski definition) is 2. The first-order valence-corrected chi connectivity index (χ1v) is 5.68. The molecule has 2 aliphatic rings. The van der Waals surface area contributed by atoms with Gasteiger partial charge < -0.3 is 11.5 Å². The molecule has 0 aromatic carbocycles. The van der Waals surface area contributed by atoms with E-state index < -0.39 is 0 Å². The van der Waals surface area contributed by atoms with Gasteiger partial charge in [0.05, 0.1) is 0 Å². The van der Waals surface area contributed by atoms with Crippen molar-refractivity contribution >= 4 is 11.8 Å². The molecule has 0 aliphatic heterocycles. The van der Waals surface area contributed by atoms with Crippen molar-refractivity contribution in [1.29, 1.82) is 0 Å². The second-order valence-corrected chi connectivity index (χ2v) is 4.92. The van der Waals surface area contributed by atoms with Gasteiger partial charge in [0.2, 0.25) is 11.8 Å². The number of fused-ring (bicyclic) bond motifs is 1. The van der Waals surface area contributed by atoms with E-state index in [1.165, 1.54) is 0 Å². The van der Waals surface area contributed by atoms with Gasteiger partial charge in [-0.1, -0.05) is 0 Å². The van der Waals surface area contributed by atoms with E-state index in [9.17, 15) is 9.59 Å². The van der Waals surface area contributed by atoms with Gasteiger partial charge in [-0.3, -0.25) is 9.59 Å². The SMILES string of the molecule is NC(=O)C1CCC2CCC(C(N)=O)C2C1. The van der Waals surface area contributed by atoms with Crippen molar-refractivity contribution in [3.63, 3.8) is 0 Å². The molecule has 84 valence electrons. The van der Waals surface area contributed by atoms with E-state index in [0.29, 0.717) is 11.8 Å². The molecule has 2 saturated carbocycles. The highest BCUT2D eigenvalue weighted by atomic mass is 16.1. The van der Waals surface area contributed by atoms with E-state index in [1.807, 2.05) is 0 Å². The number of hydrogen-bond donors (Lipinski definition) is 2. The van der Waals surface area contributed by atoms with Gasteiger partial charge in [-0.25, -0.2) is 0 Å². The number of carbonyl (C=O) groups is 2. The third-order valence-corrected chi connectivity index (χ3v) is 4.18. The van der Waals surface area contributed by atoms with E-state index in [2.05, 4.69) is 0 Å². The Labute approximate surface area is 89.4 Å². The molecule has 4 atom stereocenters. The van der Waals surface area contributed by atoms with E-state index >= 15 is 0 Å². The predicted octanol–water partition coefficient (Wildman–Crippen LogP) is 0.399. The molecule has 4 heteroatoms. The molecule has 15 heavy (non-hydrogen) atoms. The Balaban J connectivity index is 2.07. The second kappa shape index (κ2) is 3.83. The Bertz CT molecular complexity index is 290. The lowest BCUT2D eigenvalue weighted by atomic mass is 9.72. The molecular weight excluding hydrogens is 192 g/mol. The van der Waals surface area contributed by atoms with Crippen LogP contribution in [-0.4, -0.2) is 11.8 Å². The smallest absolute Gasteiger partial charge is 0.220 e. The number of amides is 2. The van der Waals surface area contributed by atoms with E-state index in [-0.39, 0.29) is 23.7 Å². The minimum atomic E-state index is -0.219. The van der Waals surface area contributed by atoms with Gasteiger partial charge in [0.15, 0.2) is 0 Å². The van der Waals surface area contributed by atoms with Crippen molar-refractivity contribution in [3.8, 4) is 0 Å². The van der Waals surface area contributed by atoms with Gasteiger partial charge in [-0.15, -0.1) is 0 Å². The van der Waals surface area contributed by atoms with Crippen LogP contribution >= 0.6 is 0 Å². The Morgan fingerprint density at radius 3 is 2.20 bits per heavy atom. The average Bonchev–Trinajstić information content (AvgIpc) is 2.59. The van der Waals surface area contributed by atoms with Crippen LogP contribution in [0.3, 0.4) is 0 Å². The van der Waals surface area contributed by atoms with Crippen LogP contribution in [0.4, 0.5) is 0 Å². The van der Waals surface area contributed by atoms with Crippen LogP contribution in [0.1, 0.15) is 32.1 Å². The van der Waals surface area contributed by atoms with Crippen LogP contribution < -0.4 is 11.5 Å². The lowest BCUT2D eigenvalue weighted by Crippen LogP contribution is -2.36. The fourth-order valence-corrected chi connectivity index (χ4v) is 3.34. The number of rotatable bonds is 2. The molecule has 0 bridgehead atoms. The largest absolute Gasteiger partial charge is 0.369 e. The van der Waals surface area contributed by atoms with Crippen molar-refractivity contribution in [2.24, 2.45) is 35.1 Å². The molecule has 0 spiro atoms. The highest BCUT2D eigenvalue weighted by molar-refractivity contribution is 5.78. The fraction of sp³-hybridized carbons (Fsp3) is 0.818. The Morgan fingerprint density at radius 1 is 0.933 bits per heavy atom. The molecule has 0 heterocycles. The molecular formula is C11H18N2O2. The molecule has 4 N–H and O–H groups in total. The summed E-state index contributed by atoms with van der Waals surface area (Å²) < 4.78 is 0. The summed E-state index contributed by atoms with van der Waals surface area (Å²) in [4.78, 5) is 22.4. The molecule has 4 nitrogen and oxygen atoms in total. The Hall–Kier alpha value is -1.06. The lowest BCUT2D eigenvalue weighted by Gasteiger charge is -2.32. The number of nitrogens with two attached hydrogens (primary N) is 2. The molecule has 2 aliphatic carbocycles. The number of carbonyl (C=O) groups excluding carboxylic acids is 2. The summed E-state index contributed by atoms with van der Waals surface area (Å²) >= 11 is 0. The first kappa shape index (κ1) is 10.5. The molecule has 0 radical (unpaired) electrons. The van der Waals surface area contributed by atoms with Gasteiger partial charge in [0.25, 0.3) is 0 Å². The van der Waals surface area contributed by atoms with Crippen LogP contribution in [0.25, 0.3) is 0 Å². The summed E-state index contributed by atoms with van der Waals surface area (Å²) in [5.74, 6) is 0.436. The van der Waals surface area contributed by atoms with Crippen LogP contribution in [0.2, 0.25) is 0 Å². The third kappa shape index (κ3) is 1.85. The van der Waals surface area contributed by atoms with Crippen LogP contribution in [0.5, 0.6) is 0 Å². The van der Waals surface area contributed by atoms with Crippen molar-refractivity contribution in [1.82, 2.24) is 0 Å². The van der Waals surface area contributed by atoms with Gasteiger partial charge in [-0.05, 0) is 43.9 Å². The normalized spacial score (nSPS) is 39.7. The quantitative estimate of drug-likeness (QED) is 0.691. The third-order valence-electron chi connectivity index (χ3n) is 4.18.